The first-order valence-corrected chi connectivity index (χ1v) is 8.03. The molecule has 0 spiro atoms. The maximum absolute atomic E-state index is 6.22. The van der Waals surface area contributed by atoms with Crippen LogP contribution >= 0.6 is 15.9 Å². The van der Waals surface area contributed by atoms with Crippen LogP contribution in [0.2, 0.25) is 0 Å². The maximum atomic E-state index is 6.22. The predicted octanol–water partition coefficient (Wildman–Crippen LogP) is 6.65. The summed E-state index contributed by atoms with van der Waals surface area (Å²) in [6.07, 6.45) is 0. The van der Waals surface area contributed by atoms with E-state index in [0.717, 1.165) is 31.8 Å². The molecule has 0 fully saturated rings. The van der Waals surface area contributed by atoms with Crippen LogP contribution in [0.5, 0.6) is 0 Å². The Morgan fingerprint density at radius 3 is 2.18 bits per heavy atom. The second-order valence-corrected chi connectivity index (χ2v) is 6.44. The standard InChI is InChI=1S/C20H11BrO/c21-17-10-14-7-3-4-8-15(14)20-19(17)16-9-12-5-1-2-6-13(12)11-18(16)22-20/h1-11H. The monoisotopic (exact) mass is 346 g/mol. The summed E-state index contributed by atoms with van der Waals surface area (Å²) >= 11 is 3.72. The maximum Gasteiger partial charge on any atom is 0.144 e. The second kappa shape index (κ2) is 4.34. The average molecular weight is 347 g/mol. The quantitative estimate of drug-likeness (QED) is 0.305. The summed E-state index contributed by atoms with van der Waals surface area (Å²) in [5.74, 6) is 0. The van der Waals surface area contributed by atoms with Gasteiger partial charge < -0.3 is 4.42 Å². The number of benzene rings is 4. The molecule has 104 valence electrons. The zero-order valence-corrected chi connectivity index (χ0v) is 13.2. The Bertz CT molecular complexity index is 1180. The minimum absolute atomic E-state index is 0.936. The van der Waals surface area contributed by atoms with Crippen LogP contribution in [0.25, 0.3) is 43.5 Å². The molecule has 0 radical (unpaired) electrons. The molecule has 1 heterocycles. The van der Waals surface area contributed by atoms with Crippen molar-refractivity contribution in [3.63, 3.8) is 0 Å². The first-order chi connectivity index (χ1) is 10.8. The molecule has 22 heavy (non-hydrogen) atoms. The lowest BCUT2D eigenvalue weighted by molar-refractivity contribution is 0.673. The van der Waals surface area contributed by atoms with E-state index in [1.807, 2.05) is 0 Å². The number of hydrogen-bond donors (Lipinski definition) is 0. The molecule has 1 aromatic heterocycles. The Balaban J connectivity index is 2.08. The Morgan fingerprint density at radius 2 is 1.36 bits per heavy atom. The second-order valence-electron chi connectivity index (χ2n) is 5.58. The van der Waals surface area contributed by atoms with Crippen molar-refractivity contribution in [2.24, 2.45) is 0 Å². The van der Waals surface area contributed by atoms with Gasteiger partial charge in [0.05, 0.1) is 0 Å². The molecule has 0 amide bonds. The van der Waals surface area contributed by atoms with Crippen molar-refractivity contribution in [3.8, 4) is 0 Å². The normalized spacial score (nSPS) is 11.9. The highest BCUT2D eigenvalue weighted by Gasteiger charge is 2.14. The van der Waals surface area contributed by atoms with E-state index in [4.69, 9.17) is 4.42 Å². The first-order valence-electron chi connectivity index (χ1n) is 7.23. The largest absolute Gasteiger partial charge is 0.455 e. The SMILES string of the molecule is Brc1cc2ccccc2c2oc3cc4ccccc4cc3c12. The van der Waals surface area contributed by atoms with Gasteiger partial charge in [0.2, 0.25) is 0 Å². The van der Waals surface area contributed by atoms with Crippen molar-refractivity contribution in [2.75, 3.05) is 0 Å². The molecule has 0 saturated carbocycles. The molecule has 5 aromatic rings. The van der Waals surface area contributed by atoms with Crippen molar-refractivity contribution < 1.29 is 4.42 Å². The molecule has 2 heteroatoms. The Morgan fingerprint density at radius 1 is 0.682 bits per heavy atom. The van der Waals surface area contributed by atoms with Gasteiger partial charge in [0.1, 0.15) is 11.2 Å². The van der Waals surface area contributed by atoms with Crippen molar-refractivity contribution >= 4 is 59.4 Å². The van der Waals surface area contributed by atoms with Gasteiger partial charge in [-0.25, -0.2) is 0 Å². The van der Waals surface area contributed by atoms with E-state index in [1.165, 1.54) is 16.2 Å². The summed E-state index contributed by atoms with van der Waals surface area (Å²) in [5.41, 5.74) is 1.89. The molecule has 0 aliphatic rings. The molecule has 4 aromatic carbocycles. The number of rotatable bonds is 0. The fraction of sp³-hybridized carbons (Fsp3) is 0. The summed E-state index contributed by atoms with van der Waals surface area (Å²) < 4.78 is 7.30. The number of hydrogen-bond acceptors (Lipinski definition) is 1. The number of furan rings is 1. The van der Waals surface area contributed by atoms with Crippen LogP contribution in [0.1, 0.15) is 0 Å². The minimum Gasteiger partial charge on any atom is -0.455 e. The predicted molar refractivity (Wildman–Crippen MR) is 96.4 cm³/mol. The third-order valence-electron chi connectivity index (χ3n) is 4.28. The Labute approximate surface area is 135 Å². The van der Waals surface area contributed by atoms with E-state index in [2.05, 4.69) is 82.7 Å². The highest BCUT2D eigenvalue weighted by Crippen LogP contribution is 2.40. The molecule has 0 atom stereocenters. The van der Waals surface area contributed by atoms with Crippen LogP contribution in [0.3, 0.4) is 0 Å². The third kappa shape index (κ3) is 1.59. The van der Waals surface area contributed by atoms with Gasteiger partial charge in [0, 0.05) is 20.6 Å². The lowest BCUT2D eigenvalue weighted by atomic mass is 10.0. The van der Waals surface area contributed by atoms with Crippen LogP contribution in [-0.2, 0) is 0 Å². The molecular formula is C20H11BrO. The lowest BCUT2D eigenvalue weighted by Gasteiger charge is -2.01. The van der Waals surface area contributed by atoms with Crippen molar-refractivity contribution in [1.82, 2.24) is 0 Å². The number of halogens is 1. The summed E-state index contributed by atoms with van der Waals surface area (Å²) in [6.45, 7) is 0. The van der Waals surface area contributed by atoms with Crippen molar-refractivity contribution in [1.29, 1.82) is 0 Å². The van der Waals surface area contributed by atoms with Gasteiger partial charge >= 0.3 is 0 Å². The van der Waals surface area contributed by atoms with Crippen molar-refractivity contribution in [2.45, 2.75) is 0 Å². The molecule has 0 unspecified atom stereocenters. The summed E-state index contributed by atoms with van der Waals surface area (Å²) in [6, 6.07) is 23.2. The van der Waals surface area contributed by atoms with Crippen LogP contribution in [0.15, 0.2) is 75.6 Å². The fourth-order valence-electron chi connectivity index (χ4n) is 3.25. The lowest BCUT2D eigenvalue weighted by Crippen LogP contribution is -1.76. The highest BCUT2D eigenvalue weighted by atomic mass is 79.9. The topological polar surface area (TPSA) is 13.1 Å². The zero-order chi connectivity index (χ0) is 14.7. The van der Waals surface area contributed by atoms with Gasteiger partial charge in [-0.3, -0.25) is 0 Å². The highest BCUT2D eigenvalue weighted by molar-refractivity contribution is 9.10. The molecule has 0 aliphatic heterocycles. The van der Waals surface area contributed by atoms with Crippen LogP contribution in [0.4, 0.5) is 0 Å². The first kappa shape index (κ1) is 12.2. The van der Waals surface area contributed by atoms with Crippen LogP contribution in [0, 0.1) is 0 Å². The van der Waals surface area contributed by atoms with E-state index in [9.17, 15) is 0 Å². The Hall–Kier alpha value is -2.32. The Kier molecular flexibility index (Phi) is 2.42. The van der Waals surface area contributed by atoms with E-state index in [1.54, 1.807) is 0 Å². The molecule has 5 rings (SSSR count). The van der Waals surface area contributed by atoms with E-state index >= 15 is 0 Å². The smallest absolute Gasteiger partial charge is 0.144 e. The fourth-order valence-corrected chi connectivity index (χ4v) is 3.89. The van der Waals surface area contributed by atoms with Gasteiger partial charge in [0.15, 0.2) is 0 Å². The van der Waals surface area contributed by atoms with Gasteiger partial charge in [-0.05, 0) is 50.3 Å². The van der Waals surface area contributed by atoms with E-state index in [0.29, 0.717) is 0 Å². The van der Waals surface area contributed by atoms with Crippen LogP contribution in [-0.4, -0.2) is 0 Å². The summed E-state index contributed by atoms with van der Waals surface area (Å²) in [5, 5.41) is 7.09. The summed E-state index contributed by atoms with van der Waals surface area (Å²) in [7, 11) is 0. The molecular weight excluding hydrogens is 336 g/mol. The van der Waals surface area contributed by atoms with Crippen molar-refractivity contribution in [3.05, 3.63) is 71.2 Å². The van der Waals surface area contributed by atoms with Crippen LogP contribution < -0.4 is 0 Å². The number of fused-ring (bicyclic) bond motifs is 6. The summed E-state index contributed by atoms with van der Waals surface area (Å²) in [4.78, 5) is 0. The molecule has 0 aliphatic carbocycles. The molecule has 0 N–H and O–H groups in total. The zero-order valence-electron chi connectivity index (χ0n) is 11.6. The van der Waals surface area contributed by atoms with Gasteiger partial charge in [0.25, 0.3) is 0 Å². The van der Waals surface area contributed by atoms with Gasteiger partial charge in [-0.2, -0.15) is 0 Å². The van der Waals surface area contributed by atoms with E-state index in [-0.39, 0.29) is 0 Å². The molecule has 0 bridgehead atoms. The van der Waals surface area contributed by atoms with E-state index < -0.39 is 0 Å². The molecule has 0 saturated heterocycles. The average Bonchev–Trinajstić information content (AvgIpc) is 2.92. The third-order valence-corrected chi connectivity index (χ3v) is 4.91. The van der Waals surface area contributed by atoms with Gasteiger partial charge in [-0.1, -0.05) is 48.5 Å². The molecule has 1 nitrogen and oxygen atoms in total. The van der Waals surface area contributed by atoms with Gasteiger partial charge in [-0.15, -0.1) is 0 Å². The minimum atomic E-state index is 0.936.